The fraction of sp³-hybridized carbons (Fsp3) is 0.706. The van der Waals surface area contributed by atoms with Crippen LogP contribution in [0.25, 0.3) is 0 Å². The lowest BCUT2D eigenvalue weighted by atomic mass is 9.97. The van der Waals surface area contributed by atoms with Crippen LogP contribution in [0.4, 0.5) is 0 Å². The van der Waals surface area contributed by atoms with Crippen LogP contribution in [0.2, 0.25) is 0 Å². The minimum Gasteiger partial charge on any atom is -0.315 e. The molecule has 1 atom stereocenters. The highest BCUT2D eigenvalue weighted by atomic mass is 15.3. The van der Waals surface area contributed by atoms with Crippen molar-refractivity contribution < 1.29 is 0 Å². The summed E-state index contributed by atoms with van der Waals surface area (Å²) in [6, 6.07) is 2.12. The van der Waals surface area contributed by atoms with Gasteiger partial charge in [0.2, 0.25) is 0 Å². The number of fused-ring (bicyclic) bond motifs is 1. The summed E-state index contributed by atoms with van der Waals surface area (Å²) in [7, 11) is 1.98. The maximum absolute atomic E-state index is 4.58. The van der Waals surface area contributed by atoms with Crippen LogP contribution in [-0.2, 0) is 26.6 Å². The summed E-state index contributed by atoms with van der Waals surface area (Å²) >= 11 is 0. The van der Waals surface area contributed by atoms with Gasteiger partial charge in [-0.1, -0.05) is 6.42 Å². The zero-order chi connectivity index (χ0) is 15.6. The van der Waals surface area contributed by atoms with E-state index in [9.17, 15) is 0 Å². The maximum Gasteiger partial charge on any atom is 0.137 e. The van der Waals surface area contributed by atoms with Crippen molar-refractivity contribution in [3.05, 3.63) is 29.6 Å². The molecule has 0 saturated carbocycles. The van der Waals surface area contributed by atoms with Gasteiger partial charge in [-0.25, -0.2) is 0 Å². The fourth-order valence-corrected chi connectivity index (χ4v) is 4.00. The Bertz CT molecular complexity index is 658. The smallest absolute Gasteiger partial charge is 0.137 e. The van der Waals surface area contributed by atoms with Gasteiger partial charge in [0.1, 0.15) is 11.6 Å². The van der Waals surface area contributed by atoms with E-state index in [0.717, 1.165) is 38.3 Å². The van der Waals surface area contributed by atoms with Crippen molar-refractivity contribution >= 4 is 0 Å². The predicted octanol–water partition coefficient (Wildman–Crippen LogP) is 2.12. The highest BCUT2D eigenvalue weighted by Gasteiger charge is 2.27. The van der Waals surface area contributed by atoms with Gasteiger partial charge in [-0.05, 0) is 38.3 Å². The van der Waals surface area contributed by atoms with Crippen LogP contribution in [0.5, 0.6) is 0 Å². The molecule has 2 aromatic heterocycles. The molecule has 0 spiro atoms. The molecule has 1 unspecified atom stereocenters. The summed E-state index contributed by atoms with van der Waals surface area (Å²) in [4.78, 5) is 2.52. The third-order valence-corrected chi connectivity index (χ3v) is 5.16. The fourth-order valence-electron chi connectivity index (χ4n) is 4.00. The molecule has 2 aliphatic heterocycles. The second-order valence-electron chi connectivity index (χ2n) is 6.99. The second-order valence-corrected chi connectivity index (χ2v) is 6.99. The average Bonchev–Trinajstić information content (AvgIpc) is 3.07. The maximum atomic E-state index is 4.58. The summed E-state index contributed by atoms with van der Waals surface area (Å²) in [5.74, 6) is 2.96. The van der Waals surface area contributed by atoms with Crippen molar-refractivity contribution in [1.29, 1.82) is 0 Å². The van der Waals surface area contributed by atoms with E-state index >= 15 is 0 Å². The molecular weight excluding hydrogens is 288 g/mol. The van der Waals surface area contributed by atoms with Gasteiger partial charge in [0, 0.05) is 45.2 Å². The Hall–Kier alpha value is -1.69. The zero-order valence-electron chi connectivity index (χ0n) is 14.0. The van der Waals surface area contributed by atoms with Gasteiger partial charge in [0.05, 0.1) is 5.69 Å². The number of aryl methyl sites for hydroxylation is 2. The van der Waals surface area contributed by atoms with Crippen LogP contribution < -0.4 is 0 Å². The molecule has 0 aliphatic carbocycles. The van der Waals surface area contributed by atoms with Crippen LogP contribution in [0, 0.1) is 0 Å². The molecule has 0 aromatic carbocycles. The molecule has 0 bridgehead atoms. The number of likely N-dealkylation sites (tertiary alicyclic amines) is 1. The van der Waals surface area contributed by atoms with Gasteiger partial charge < -0.3 is 4.57 Å². The first kappa shape index (κ1) is 14.9. The lowest BCUT2D eigenvalue weighted by molar-refractivity contribution is 0.192. The first-order valence-electron chi connectivity index (χ1n) is 8.92. The standard InChI is InChI=1S/C17H26N6/c1-21-11-8-15(20-21)13-22-9-5-6-14(12-22)17-19-18-16-7-3-2-4-10-23(16)17/h8,11,14H,2-7,9-10,12-13H2,1H3. The zero-order valence-corrected chi connectivity index (χ0v) is 14.0. The van der Waals surface area contributed by atoms with Gasteiger partial charge >= 0.3 is 0 Å². The average molecular weight is 314 g/mol. The minimum atomic E-state index is 0.520. The third-order valence-electron chi connectivity index (χ3n) is 5.16. The van der Waals surface area contributed by atoms with E-state index in [0.29, 0.717) is 5.92 Å². The first-order valence-corrected chi connectivity index (χ1v) is 8.92. The van der Waals surface area contributed by atoms with Gasteiger partial charge in [-0.15, -0.1) is 10.2 Å². The molecule has 0 N–H and O–H groups in total. The van der Waals surface area contributed by atoms with Crippen LogP contribution in [0.15, 0.2) is 12.3 Å². The van der Waals surface area contributed by atoms with Crippen LogP contribution in [0.3, 0.4) is 0 Å². The van der Waals surface area contributed by atoms with E-state index in [1.807, 2.05) is 17.9 Å². The Labute approximate surface area is 137 Å². The molecule has 2 aliphatic rings. The molecule has 4 heterocycles. The predicted molar refractivity (Wildman–Crippen MR) is 88.0 cm³/mol. The van der Waals surface area contributed by atoms with Crippen LogP contribution in [0.1, 0.15) is 55.4 Å². The molecule has 4 rings (SSSR count). The Morgan fingerprint density at radius 3 is 2.96 bits per heavy atom. The van der Waals surface area contributed by atoms with E-state index in [1.165, 1.54) is 43.8 Å². The second kappa shape index (κ2) is 6.43. The van der Waals surface area contributed by atoms with Gasteiger partial charge in [-0.3, -0.25) is 9.58 Å². The van der Waals surface area contributed by atoms with Gasteiger partial charge in [-0.2, -0.15) is 5.10 Å². The van der Waals surface area contributed by atoms with E-state index in [-0.39, 0.29) is 0 Å². The normalized spacial score (nSPS) is 22.7. The van der Waals surface area contributed by atoms with Gasteiger partial charge in [0.15, 0.2) is 0 Å². The largest absolute Gasteiger partial charge is 0.315 e. The molecule has 1 saturated heterocycles. The Morgan fingerprint density at radius 1 is 1.13 bits per heavy atom. The quantitative estimate of drug-likeness (QED) is 0.871. The monoisotopic (exact) mass is 314 g/mol. The number of nitrogens with zero attached hydrogens (tertiary/aromatic N) is 6. The summed E-state index contributed by atoms with van der Waals surface area (Å²) < 4.78 is 4.30. The lowest BCUT2D eigenvalue weighted by Gasteiger charge is -2.31. The molecule has 6 heteroatoms. The number of hydrogen-bond donors (Lipinski definition) is 0. The topological polar surface area (TPSA) is 51.8 Å². The Balaban J connectivity index is 1.48. The molecule has 1 fully saturated rings. The van der Waals surface area contributed by atoms with E-state index < -0.39 is 0 Å². The number of aromatic nitrogens is 5. The SMILES string of the molecule is Cn1ccc(CN2CCCC(c3nnc4n3CCCCC4)C2)n1. The van der Waals surface area contributed by atoms with Gasteiger partial charge in [0.25, 0.3) is 0 Å². The van der Waals surface area contributed by atoms with Crippen LogP contribution in [-0.4, -0.2) is 42.5 Å². The number of rotatable bonds is 3. The number of hydrogen-bond acceptors (Lipinski definition) is 4. The molecule has 0 amide bonds. The molecule has 124 valence electrons. The molecule has 0 radical (unpaired) electrons. The summed E-state index contributed by atoms with van der Waals surface area (Å²) in [6.45, 7) is 4.29. The summed E-state index contributed by atoms with van der Waals surface area (Å²) in [5.41, 5.74) is 1.16. The number of piperidine rings is 1. The van der Waals surface area contributed by atoms with Crippen molar-refractivity contribution in [1.82, 2.24) is 29.4 Å². The van der Waals surface area contributed by atoms with Crippen molar-refractivity contribution in [2.75, 3.05) is 13.1 Å². The van der Waals surface area contributed by atoms with E-state index in [4.69, 9.17) is 0 Å². The van der Waals surface area contributed by atoms with E-state index in [1.54, 1.807) is 0 Å². The third kappa shape index (κ3) is 3.17. The van der Waals surface area contributed by atoms with Crippen molar-refractivity contribution in [2.24, 2.45) is 7.05 Å². The first-order chi connectivity index (χ1) is 11.3. The van der Waals surface area contributed by atoms with Crippen LogP contribution >= 0.6 is 0 Å². The summed E-state index contributed by atoms with van der Waals surface area (Å²) in [6.07, 6.45) is 9.43. The lowest BCUT2D eigenvalue weighted by Crippen LogP contribution is -2.35. The summed E-state index contributed by atoms with van der Waals surface area (Å²) in [5, 5.41) is 13.6. The highest BCUT2D eigenvalue weighted by Crippen LogP contribution is 2.28. The van der Waals surface area contributed by atoms with Crippen molar-refractivity contribution in [2.45, 2.75) is 57.5 Å². The molecule has 6 nitrogen and oxygen atoms in total. The van der Waals surface area contributed by atoms with Crippen molar-refractivity contribution in [3.8, 4) is 0 Å². The Kier molecular flexibility index (Phi) is 4.16. The highest BCUT2D eigenvalue weighted by molar-refractivity contribution is 5.07. The van der Waals surface area contributed by atoms with Crippen molar-refractivity contribution in [3.63, 3.8) is 0 Å². The Morgan fingerprint density at radius 2 is 2.09 bits per heavy atom. The molecule has 23 heavy (non-hydrogen) atoms. The van der Waals surface area contributed by atoms with E-state index in [2.05, 4.69) is 30.8 Å². The molecular formula is C17H26N6. The minimum absolute atomic E-state index is 0.520. The molecule has 2 aromatic rings.